The summed E-state index contributed by atoms with van der Waals surface area (Å²) in [6, 6.07) is 21.9. The molecule has 3 rings (SSSR count). The Hall–Kier alpha value is -3.00. The van der Waals surface area contributed by atoms with Gasteiger partial charge in [-0.15, -0.1) is 0 Å². The maximum Gasteiger partial charge on any atom is 0.187 e. The summed E-state index contributed by atoms with van der Waals surface area (Å²) in [4.78, 5) is 15.9. The largest absolute Gasteiger partial charge is 0.289 e. The molecule has 0 bridgehead atoms. The van der Waals surface area contributed by atoms with E-state index in [-0.39, 0.29) is 5.78 Å². The van der Waals surface area contributed by atoms with Crippen LogP contribution in [0.15, 0.2) is 85.2 Å². The summed E-state index contributed by atoms with van der Waals surface area (Å²) >= 11 is 0. The topological polar surface area (TPSA) is 30.0 Å². The summed E-state index contributed by atoms with van der Waals surface area (Å²) in [6.45, 7) is 0. The summed E-state index contributed by atoms with van der Waals surface area (Å²) in [7, 11) is 0. The van der Waals surface area contributed by atoms with Crippen molar-refractivity contribution < 1.29 is 4.79 Å². The molecule has 2 heteroatoms. The third-order valence-corrected chi connectivity index (χ3v) is 3.39. The zero-order valence-corrected chi connectivity index (χ0v) is 12.0. The molecule has 0 aliphatic heterocycles. The first-order valence-corrected chi connectivity index (χ1v) is 7.11. The second-order valence-corrected chi connectivity index (χ2v) is 4.93. The maximum atomic E-state index is 12.0. The molecule has 0 unspecified atom stereocenters. The Morgan fingerprint density at radius 2 is 1.55 bits per heavy atom. The van der Waals surface area contributed by atoms with Crippen molar-refractivity contribution in [3.63, 3.8) is 0 Å². The van der Waals surface area contributed by atoms with Crippen LogP contribution in [0.5, 0.6) is 0 Å². The van der Waals surface area contributed by atoms with E-state index in [1.54, 1.807) is 30.6 Å². The van der Waals surface area contributed by atoms with Crippen LogP contribution < -0.4 is 0 Å². The molecule has 106 valence electrons. The number of aromatic nitrogens is 1. The molecule has 0 amide bonds. The average molecular weight is 285 g/mol. The van der Waals surface area contributed by atoms with Crippen LogP contribution in [-0.4, -0.2) is 10.8 Å². The highest BCUT2D eigenvalue weighted by Crippen LogP contribution is 2.19. The third kappa shape index (κ3) is 3.36. The number of rotatable bonds is 4. The van der Waals surface area contributed by atoms with Crippen molar-refractivity contribution in [3.05, 3.63) is 96.3 Å². The Morgan fingerprint density at radius 3 is 2.23 bits per heavy atom. The van der Waals surface area contributed by atoms with E-state index in [2.05, 4.69) is 29.2 Å². The number of allylic oxidation sites excluding steroid dienone is 1. The van der Waals surface area contributed by atoms with Gasteiger partial charge in [-0.3, -0.25) is 9.78 Å². The van der Waals surface area contributed by atoms with Crippen LogP contribution in [0, 0.1) is 0 Å². The number of benzene rings is 2. The van der Waals surface area contributed by atoms with Crippen molar-refractivity contribution in [1.29, 1.82) is 0 Å². The number of carbonyl (C=O) groups is 1. The van der Waals surface area contributed by atoms with Gasteiger partial charge in [-0.25, -0.2) is 0 Å². The molecular weight excluding hydrogens is 270 g/mol. The fraction of sp³-hybridized carbons (Fsp3) is 0. The molecule has 0 aliphatic carbocycles. The van der Waals surface area contributed by atoms with Crippen LogP contribution in [0.3, 0.4) is 0 Å². The number of carbonyl (C=O) groups excluding carboxylic acids is 1. The minimum Gasteiger partial charge on any atom is -0.289 e. The Bertz CT molecular complexity index is 775. The van der Waals surface area contributed by atoms with E-state index < -0.39 is 0 Å². The van der Waals surface area contributed by atoms with Crippen LogP contribution in [0.2, 0.25) is 0 Å². The van der Waals surface area contributed by atoms with Crippen molar-refractivity contribution in [1.82, 2.24) is 4.98 Å². The van der Waals surface area contributed by atoms with E-state index in [9.17, 15) is 4.79 Å². The summed E-state index contributed by atoms with van der Waals surface area (Å²) in [5.41, 5.74) is 3.94. The van der Waals surface area contributed by atoms with Crippen molar-refractivity contribution in [3.8, 4) is 11.1 Å². The standard InChI is InChI=1S/C20H15NO/c22-20(19-7-4-14-21-15-19)13-10-16-8-11-18(12-9-16)17-5-2-1-3-6-17/h1-15H/b13-10+. The van der Waals surface area contributed by atoms with Crippen molar-refractivity contribution in [2.45, 2.75) is 0 Å². The molecule has 1 heterocycles. The predicted octanol–water partition coefficient (Wildman–Crippen LogP) is 4.64. The summed E-state index contributed by atoms with van der Waals surface area (Å²) in [5, 5.41) is 0. The first kappa shape index (κ1) is 14.0. The van der Waals surface area contributed by atoms with Gasteiger partial charge in [0.2, 0.25) is 0 Å². The molecule has 0 aliphatic rings. The Morgan fingerprint density at radius 1 is 0.818 bits per heavy atom. The Labute approximate surface area is 129 Å². The Kier molecular flexibility index (Phi) is 4.21. The molecule has 1 aromatic heterocycles. The van der Waals surface area contributed by atoms with Crippen molar-refractivity contribution in [2.24, 2.45) is 0 Å². The van der Waals surface area contributed by atoms with Crippen LogP contribution in [0.1, 0.15) is 15.9 Å². The Balaban J connectivity index is 1.74. The van der Waals surface area contributed by atoms with Gasteiger partial charge in [0.05, 0.1) is 0 Å². The van der Waals surface area contributed by atoms with Gasteiger partial charge in [-0.2, -0.15) is 0 Å². The normalized spacial score (nSPS) is 10.7. The maximum absolute atomic E-state index is 12.0. The van der Waals surface area contributed by atoms with E-state index in [1.807, 2.05) is 36.4 Å². The number of hydrogen-bond donors (Lipinski definition) is 0. The second kappa shape index (κ2) is 6.64. The van der Waals surface area contributed by atoms with E-state index in [4.69, 9.17) is 0 Å². The lowest BCUT2D eigenvalue weighted by Crippen LogP contribution is -1.93. The number of ketones is 1. The monoisotopic (exact) mass is 285 g/mol. The first-order valence-electron chi connectivity index (χ1n) is 7.11. The lowest BCUT2D eigenvalue weighted by atomic mass is 10.0. The highest BCUT2D eigenvalue weighted by molar-refractivity contribution is 6.06. The van der Waals surface area contributed by atoms with E-state index in [0.29, 0.717) is 5.56 Å². The SMILES string of the molecule is O=C(/C=C/c1ccc(-c2ccccc2)cc1)c1cccnc1. The van der Waals surface area contributed by atoms with Crippen molar-refractivity contribution >= 4 is 11.9 Å². The van der Waals surface area contributed by atoms with Crippen LogP contribution in [0.25, 0.3) is 17.2 Å². The van der Waals surface area contributed by atoms with E-state index >= 15 is 0 Å². The molecule has 0 saturated carbocycles. The minimum absolute atomic E-state index is 0.0414. The van der Waals surface area contributed by atoms with Gasteiger partial charge in [0, 0.05) is 18.0 Å². The van der Waals surface area contributed by atoms with Crippen LogP contribution in [0.4, 0.5) is 0 Å². The summed E-state index contributed by atoms with van der Waals surface area (Å²) < 4.78 is 0. The fourth-order valence-electron chi connectivity index (χ4n) is 2.19. The molecule has 0 fully saturated rings. The van der Waals surface area contributed by atoms with Gasteiger partial charge in [0.25, 0.3) is 0 Å². The predicted molar refractivity (Wildman–Crippen MR) is 89.5 cm³/mol. The molecule has 2 aromatic carbocycles. The molecule has 0 spiro atoms. The average Bonchev–Trinajstić information content (AvgIpc) is 2.61. The smallest absolute Gasteiger partial charge is 0.187 e. The van der Waals surface area contributed by atoms with Gasteiger partial charge in [0.1, 0.15) is 0 Å². The van der Waals surface area contributed by atoms with Gasteiger partial charge in [-0.1, -0.05) is 60.7 Å². The van der Waals surface area contributed by atoms with Gasteiger partial charge < -0.3 is 0 Å². The molecule has 0 saturated heterocycles. The highest BCUT2D eigenvalue weighted by Gasteiger charge is 2.00. The molecule has 3 aromatic rings. The van der Waals surface area contributed by atoms with Gasteiger partial charge in [0.15, 0.2) is 5.78 Å². The van der Waals surface area contributed by atoms with E-state index in [1.165, 1.54) is 5.56 Å². The molecular formula is C20H15NO. The molecule has 0 atom stereocenters. The van der Waals surface area contributed by atoms with Crippen LogP contribution >= 0.6 is 0 Å². The lowest BCUT2D eigenvalue weighted by molar-refractivity contribution is 0.104. The number of hydrogen-bond acceptors (Lipinski definition) is 2. The van der Waals surface area contributed by atoms with Gasteiger partial charge >= 0.3 is 0 Å². The highest BCUT2D eigenvalue weighted by atomic mass is 16.1. The number of pyridine rings is 1. The minimum atomic E-state index is -0.0414. The van der Waals surface area contributed by atoms with Crippen LogP contribution in [-0.2, 0) is 0 Å². The zero-order valence-electron chi connectivity index (χ0n) is 12.0. The summed E-state index contributed by atoms with van der Waals surface area (Å²) in [6.07, 6.45) is 6.63. The van der Waals surface area contributed by atoms with E-state index in [0.717, 1.165) is 11.1 Å². The third-order valence-electron chi connectivity index (χ3n) is 3.39. The lowest BCUT2D eigenvalue weighted by Gasteiger charge is -2.01. The molecule has 0 radical (unpaired) electrons. The van der Waals surface area contributed by atoms with Gasteiger partial charge in [-0.05, 0) is 34.9 Å². The second-order valence-electron chi connectivity index (χ2n) is 4.93. The van der Waals surface area contributed by atoms with Crippen molar-refractivity contribution in [2.75, 3.05) is 0 Å². The fourth-order valence-corrected chi connectivity index (χ4v) is 2.19. The molecule has 2 nitrogen and oxygen atoms in total. The summed E-state index contributed by atoms with van der Waals surface area (Å²) in [5.74, 6) is -0.0414. The molecule has 22 heavy (non-hydrogen) atoms. The quantitative estimate of drug-likeness (QED) is 0.516. The molecule has 0 N–H and O–H groups in total. The first-order chi connectivity index (χ1) is 10.8. The number of nitrogens with zero attached hydrogens (tertiary/aromatic N) is 1. The zero-order chi connectivity index (χ0) is 15.2.